The molecule has 0 unspecified atom stereocenters. The summed E-state index contributed by atoms with van der Waals surface area (Å²) in [6.45, 7) is 7.32. The van der Waals surface area contributed by atoms with Crippen molar-refractivity contribution in [2.45, 2.75) is 40.3 Å². The fourth-order valence-corrected chi connectivity index (χ4v) is 2.51. The molecule has 0 saturated carbocycles. The third-order valence-electron chi connectivity index (χ3n) is 3.49. The molecule has 2 aromatic heterocycles. The highest BCUT2D eigenvalue weighted by Gasteiger charge is 2.18. The van der Waals surface area contributed by atoms with E-state index in [0.29, 0.717) is 0 Å². The first-order chi connectivity index (χ1) is 9.52. The molecule has 4 nitrogen and oxygen atoms in total. The van der Waals surface area contributed by atoms with Crippen molar-refractivity contribution in [3.63, 3.8) is 0 Å². The van der Waals surface area contributed by atoms with Crippen LogP contribution in [-0.4, -0.2) is 15.5 Å². The predicted molar refractivity (Wildman–Crippen MR) is 76.8 cm³/mol. The van der Waals surface area contributed by atoms with Crippen LogP contribution < -0.4 is 4.57 Å². The van der Waals surface area contributed by atoms with E-state index in [-0.39, 0.29) is 18.1 Å². The SMILES string of the molecule is CCCn1c(C)cc(C(=O)C[n+]2cccc(O)c2)c1C. The first-order valence-corrected chi connectivity index (χ1v) is 6.91. The number of aromatic hydroxyl groups is 1. The molecule has 106 valence electrons. The van der Waals surface area contributed by atoms with E-state index in [4.69, 9.17) is 0 Å². The topological polar surface area (TPSA) is 46.1 Å². The second kappa shape index (κ2) is 5.90. The first-order valence-electron chi connectivity index (χ1n) is 6.91. The molecule has 0 radical (unpaired) electrons. The zero-order valence-electron chi connectivity index (χ0n) is 12.3. The third kappa shape index (κ3) is 2.90. The molecular weight excluding hydrogens is 252 g/mol. The average Bonchev–Trinajstić information content (AvgIpc) is 2.67. The van der Waals surface area contributed by atoms with Gasteiger partial charge >= 0.3 is 0 Å². The Balaban J connectivity index is 2.23. The van der Waals surface area contributed by atoms with Gasteiger partial charge in [-0.3, -0.25) is 4.79 Å². The van der Waals surface area contributed by atoms with Gasteiger partial charge in [0.25, 0.3) is 0 Å². The van der Waals surface area contributed by atoms with Crippen LogP contribution in [0.5, 0.6) is 5.75 Å². The minimum atomic E-state index is 0.0658. The van der Waals surface area contributed by atoms with Crippen molar-refractivity contribution >= 4 is 5.78 Å². The van der Waals surface area contributed by atoms with Crippen molar-refractivity contribution in [2.75, 3.05) is 0 Å². The maximum absolute atomic E-state index is 12.4. The monoisotopic (exact) mass is 273 g/mol. The van der Waals surface area contributed by atoms with Crippen LogP contribution >= 0.6 is 0 Å². The number of ketones is 1. The highest BCUT2D eigenvalue weighted by Crippen LogP contribution is 2.16. The minimum Gasteiger partial charge on any atom is -0.503 e. The Kier molecular flexibility index (Phi) is 4.23. The van der Waals surface area contributed by atoms with Gasteiger partial charge in [0.2, 0.25) is 18.5 Å². The number of hydrogen-bond acceptors (Lipinski definition) is 2. The molecule has 2 heterocycles. The largest absolute Gasteiger partial charge is 0.503 e. The van der Waals surface area contributed by atoms with Gasteiger partial charge in [-0.2, -0.15) is 4.57 Å². The molecule has 0 amide bonds. The van der Waals surface area contributed by atoms with Crippen LogP contribution in [0.4, 0.5) is 0 Å². The summed E-state index contributed by atoms with van der Waals surface area (Å²) in [5.74, 6) is 0.229. The van der Waals surface area contributed by atoms with E-state index >= 15 is 0 Å². The van der Waals surface area contributed by atoms with E-state index < -0.39 is 0 Å². The van der Waals surface area contributed by atoms with Gasteiger partial charge in [0, 0.05) is 29.6 Å². The summed E-state index contributed by atoms with van der Waals surface area (Å²) >= 11 is 0. The second-order valence-corrected chi connectivity index (χ2v) is 5.09. The molecule has 0 aromatic carbocycles. The number of rotatable bonds is 5. The minimum absolute atomic E-state index is 0.0658. The van der Waals surface area contributed by atoms with E-state index in [1.807, 2.05) is 19.9 Å². The summed E-state index contributed by atoms with van der Waals surface area (Å²) < 4.78 is 3.88. The summed E-state index contributed by atoms with van der Waals surface area (Å²) in [5.41, 5.74) is 2.91. The predicted octanol–water partition coefficient (Wildman–Crippen LogP) is 2.39. The highest BCUT2D eigenvalue weighted by atomic mass is 16.3. The lowest BCUT2D eigenvalue weighted by atomic mass is 10.1. The van der Waals surface area contributed by atoms with Crippen LogP contribution in [0.2, 0.25) is 0 Å². The molecule has 0 atom stereocenters. The maximum Gasteiger partial charge on any atom is 0.229 e. The molecule has 4 heteroatoms. The molecule has 0 bridgehead atoms. The van der Waals surface area contributed by atoms with Crippen molar-refractivity contribution in [1.29, 1.82) is 0 Å². The Hall–Kier alpha value is -2.10. The van der Waals surface area contributed by atoms with Crippen LogP contribution in [0.1, 0.15) is 35.1 Å². The lowest BCUT2D eigenvalue weighted by Gasteiger charge is -2.07. The number of hydrogen-bond donors (Lipinski definition) is 1. The fourth-order valence-electron chi connectivity index (χ4n) is 2.51. The second-order valence-electron chi connectivity index (χ2n) is 5.09. The zero-order valence-corrected chi connectivity index (χ0v) is 12.3. The van der Waals surface area contributed by atoms with E-state index in [2.05, 4.69) is 11.5 Å². The summed E-state index contributed by atoms with van der Waals surface area (Å²) in [6.07, 6.45) is 4.39. The molecule has 0 fully saturated rings. The molecule has 0 aliphatic carbocycles. The summed E-state index contributed by atoms with van der Waals surface area (Å²) in [4.78, 5) is 12.4. The molecule has 2 aromatic rings. The number of Topliss-reactive ketones (excluding diaryl/α,β-unsaturated/α-hetero) is 1. The molecule has 1 N–H and O–H groups in total. The Morgan fingerprint density at radius 2 is 2.15 bits per heavy atom. The lowest BCUT2D eigenvalue weighted by molar-refractivity contribution is -0.683. The molecule has 20 heavy (non-hydrogen) atoms. The van der Waals surface area contributed by atoms with Crippen LogP contribution in [-0.2, 0) is 13.1 Å². The van der Waals surface area contributed by atoms with E-state index in [1.165, 1.54) is 0 Å². The average molecular weight is 273 g/mol. The molecule has 0 aliphatic rings. The van der Waals surface area contributed by atoms with E-state index in [1.54, 1.807) is 29.1 Å². The number of nitrogens with zero attached hydrogens (tertiary/aromatic N) is 2. The van der Waals surface area contributed by atoms with Crippen LogP contribution in [0, 0.1) is 13.8 Å². The lowest BCUT2D eigenvalue weighted by Crippen LogP contribution is -2.37. The van der Waals surface area contributed by atoms with Crippen LogP contribution in [0.15, 0.2) is 30.6 Å². The molecular formula is C16H21N2O2+. The number of carbonyl (C=O) groups excluding carboxylic acids is 1. The smallest absolute Gasteiger partial charge is 0.229 e. The quantitative estimate of drug-likeness (QED) is 0.671. The molecule has 0 saturated heterocycles. The Bertz CT molecular complexity index is 629. The van der Waals surface area contributed by atoms with Gasteiger partial charge in [0.1, 0.15) is 0 Å². The van der Waals surface area contributed by atoms with Gasteiger partial charge in [-0.05, 0) is 32.4 Å². The van der Waals surface area contributed by atoms with Gasteiger partial charge in [0.05, 0.1) is 0 Å². The fraction of sp³-hybridized carbons (Fsp3) is 0.375. The van der Waals surface area contributed by atoms with Crippen molar-refractivity contribution < 1.29 is 14.5 Å². The molecule has 0 aliphatic heterocycles. The van der Waals surface area contributed by atoms with Crippen LogP contribution in [0.25, 0.3) is 0 Å². The van der Waals surface area contributed by atoms with Crippen molar-refractivity contribution in [2.24, 2.45) is 0 Å². The number of pyridine rings is 1. The summed E-state index contributed by atoms with van der Waals surface area (Å²) in [5, 5.41) is 9.43. The Morgan fingerprint density at radius 3 is 2.80 bits per heavy atom. The van der Waals surface area contributed by atoms with Gasteiger partial charge < -0.3 is 9.67 Å². The van der Waals surface area contributed by atoms with Gasteiger partial charge in [-0.15, -0.1) is 0 Å². The van der Waals surface area contributed by atoms with Gasteiger partial charge in [-0.25, -0.2) is 0 Å². The van der Waals surface area contributed by atoms with Crippen molar-refractivity contribution in [3.8, 4) is 5.75 Å². The van der Waals surface area contributed by atoms with Gasteiger partial charge in [0.15, 0.2) is 11.9 Å². The molecule has 2 rings (SSSR count). The van der Waals surface area contributed by atoms with Crippen molar-refractivity contribution in [3.05, 3.63) is 47.5 Å². The normalized spacial score (nSPS) is 10.8. The molecule has 0 spiro atoms. The van der Waals surface area contributed by atoms with Crippen molar-refractivity contribution in [1.82, 2.24) is 4.57 Å². The van der Waals surface area contributed by atoms with Gasteiger partial charge in [-0.1, -0.05) is 6.92 Å². The number of aromatic nitrogens is 2. The van der Waals surface area contributed by atoms with Crippen LogP contribution in [0.3, 0.4) is 0 Å². The first kappa shape index (κ1) is 14.3. The zero-order chi connectivity index (χ0) is 14.7. The third-order valence-corrected chi connectivity index (χ3v) is 3.49. The Labute approximate surface area is 119 Å². The Morgan fingerprint density at radius 1 is 1.40 bits per heavy atom. The van der Waals surface area contributed by atoms with E-state index in [0.717, 1.165) is 29.9 Å². The van der Waals surface area contributed by atoms with E-state index in [9.17, 15) is 9.90 Å². The number of carbonyl (C=O) groups is 1. The standard InChI is InChI=1S/C16H20N2O2/c1-4-7-18-12(2)9-15(13(18)3)16(20)11-17-8-5-6-14(19)10-17/h5-6,8-10H,4,7,11H2,1-3H3/p+1. The highest BCUT2D eigenvalue weighted by molar-refractivity contribution is 5.96. The maximum atomic E-state index is 12.4. The number of aryl methyl sites for hydroxylation is 1. The summed E-state index contributed by atoms with van der Waals surface area (Å²) in [6, 6.07) is 5.27. The summed E-state index contributed by atoms with van der Waals surface area (Å²) in [7, 11) is 0.